The van der Waals surface area contributed by atoms with Gasteiger partial charge < -0.3 is 39.8 Å². The van der Waals surface area contributed by atoms with Gasteiger partial charge in [0.15, 0.2) is 12.6 Å². The Bertz CT molecular complexity index is 1070. The van der Waals surface area contributed by atoms with Gasteiger partial charge in [-0.05, 0) is 0 Å². The molecule has 3 rings (SSSR count). The fourth-order valence-electron chi connectivity index (χ4n) is 3.16. The molecule has 2 aliphatic rings. The number of ether oxygens (including phenoxy) is 1. The molecule has 0 radical (unpaired) electrons. The minimum atomic E-state index is -5.73. The van der Waals surface area contributed by atoms with E-state index in [9.17, 15) is 33.6 Å². The van der Waals surface area contributed by atoms with Gasteiger partial charge >= 0.3 is 23.5 Å². The molecule has 0 saturated carbocycles. The lowest BCUT2D eigenvalue weighted by Crippen LogP contribution is -2.55. The van der Waals surface area contributed by atoms with Crippen LogP contribution in [-0.2, 0) is 38.6 Å². The van der Waals surface area contributed by atoms with Crippen molar-refractivity contribution in [2.45, 2.75) is 30.8 Å². The Hall–Kier alpha value is -1.27. The zero-order chi connectivity index (χ0) is 24.9. The quantitative estimate of drug-likeness (QED) is 0.115. The summed E-state index contributed by atoms with van der Waals surface area (Å²) in [4.78, 5) is 47.9. The van der Waals surface area contributed by atoms with Crippen LogP contribution in [0, 0.1) is 0 Å². The molecule has 19 nitrogen and oxygen atoms in total. The molecule has 2 aliphatic heterocycles. The first kappa shape index (κ1) is 26.3. The number of nitrogens with one attached hydrogen (secondary N) is 2. The van der Waals surface area contributed by atoms with Crippen LogP contribution in [0.3, 0.4) is 0 Å². The van der Waals surface area contributed by atoms with E-state index in [1.54, 1.807) is 0 Å². The van der Waals surface area contributed by atoms with E-state index in [-0.39, 0.29) is 11.5 Å². The van der Waals surface area contributed by atoms with E-state index in [2.05, 4.69) is 23.8 Å². The lowest BCUT2D eigenvalue weighted by molar-refractivity contribution is -0.753. The molecule has 1 amide bonds. The number of phosphoric acid groups is 3. The van der Waals surface area contributed by atoms with Gasteiger partial charge in [0, 0.05) is 0 Å². The number of aliphatic hydroxyl groups is 2. The van der Waals surface area contributed by atoms with Gasteiger partial charge in [-0.25, -0.2) is 18.3 Å². The summed E-state index contributed by atoms with van der Waals surface area (Å²) in [5.41, 5.74) is 5.80. The molecule has 3 heterocycles. The monoisotopic (exact) mass is 540 g/mol. The van der Waals surface area contributed by atoms with Crippen LogP contribution in [0.15, 0.2) is 6.33 Å². The Labute approximate surface area is 184 Å². The Balaban J connectivity index is 1.71. The number of hydrogen-bond donors (Lipinski definition) is 9. The van der Waals surface area contributed by atoms with Crippen LogP contribution in [0.1, 0.15) is 16.7 Å². The number of rotatable bonds is 8. The third kappa shape index (κ3) is 6.05. The molecule has 188 valence electrons. The van der Waals surface area contributed by atoms with Crippen molar-refractivity contribution < 1.29 is 70.7 Å². The molecule has 1 aromatic heterocycles. The van der Waals surface area contributed by atoms with Crippen molar-refractivity contribution in [3.8, 4) is 0 Å². The largest absolute Gasteiger partial charge is 0.490 e. The summed E-state index contributed by atoms with van der Waals surface area (Å²) in [5.74, 6) is -0.395. The summed E-state index contributed by atoms with van der Waals surface area (Å²) in [6, 6.07) is 0. The zero-order valence-electron chi connectivity index (χ0n) is 16.4. The molecular formula is C11H21N5O14P3+. The number of anilines is 1. The average Bonchev–Trinajstić information content (AvgIpc) is 3.07. The molecule has 1 saturated heterocycles. The van der Waals surface area contributed by atoms with E-state index in [0.29, 0.717) is 0 Å². The van der Waals surface area contributed by atoms with Crippen molar-refractivity contribution in [3.05, 3.63) is 12.0 Å². The fraction of sp³-hybridized carbons (Fsp3) is 0.636. The van der Waals surface area contributed by atoms with E-state index in [1.807, 2.05) is 0 Å². The number of carbonyl (C=O) groups excluding carboxylic acids is 1. The maximum Gasteiger partial charge on any atom is 0.490 e. The molecule has 22 heteroatoms. The van der Waals surface area contributed by atoms with Gasteiger partial charge in [0.25, 0.3) is 11.7 Å². The first-order chi connectivity index (χ1) is 15.0. The fourth-order valence-corrected chi connectivity index (χ4v) is 6.19. The van der Waals surface area contributed by atoms with Crippen LogP contribution < -0.4 is 20.9 Å². The topological polar surface area (TPSA) is 285 Å². The van der Waals surface area contributed by atoms with Crippen LogP contribution in [0.4, 0.5) is 5.82 Å². The number of aromatic nitrogens is 2. The van der Waals surface area contributed by atoms with Gasteiger partial charge in [-0.1, -0.05) is 0 Å². The number of nitrogens with zero attached hydrogens (tertiary/aromatic N) is 2. The van der Waals surface area contributed by atoms with E-state index in [1.165, 1.54) is 22.5 Å². The number of imidazole rings is 1. The molecule has 1 fully saturated rings. The van der Waals surface area contributed by atoms with Gasteiger partial charge in [0.05, 0.1) is 13.7 Å². The standard InChI is InChI=1S/C11H20N5O14P3/c1-15-3-16(8-5(15)9(19)14-11(12)13-8)10-7(18)6(17)4(28-10)2-27-32(23,24)30-33(25,26)29-31(20,21)22/h3-4,6-7,10-11,17-18H,2,12H2,1H3,(H5-,13,14,19,20,21,22,23,24,25,26)/p+1/t4-,6?,7+,10-,11?/m1/s1. The second kappa shape index (κ2) is 9.07. The number of phosphoric ester groups is 1. The number of amides is 1. The summed E-state index contributed by atoms with van der Waals surface area (Å²) in [5, 5.41) is 25.8. The first-order valence-electron chi connectivity index (χ1n) is 8.73. The van der Waals surface area contributed by atoms with Crippen molar-refractivity contribution in [1.82, 2.24) is 9.88 Å². The van der Waals surface area contributed by atoms with Gasteiger partial charge in [-0.2, -0.15) is 8.62 Å². The number of carbonyl (C=O) groups is 1. The molecule has 0 bridgehead atoms. The first-order valence-corrected chi connectivity index (χ1v) is 13.3. The van der Waals surface area contributed by atoms with Crippen LogP contribution in [0.5, 0.6) is 0 Å². The normalized spacial score (nSPS) is 31.3. The number of nitrogens with two attached hydrogens (primary N) is 1. The second-order valence-corrected chi connectivity index (χ2v) is 11.3. The lowest BCUT2D eigenvalue weighted by atomic mass is 10.1. The number of aliphatic hydroxyl groups excluding tert-OH is 2. The highest BCUT2D eigenvalue weighted by molar-refractivity contribution is 7.66. The number of hydrogen-bond acceptors (Lipinski definition) is 12. The van der Waals surface area contributed by atoms with Crippen LogP contribution in [0.2, 0.25) is 0 Å². The Kier molecular flexibility index (Phi) is 7.24. The van der Waals surface area contributed by atoms with Crippen LogP contribution >= 0.6 is 23.5 Å². The molecule has 0 spiro atoms. The third-order valence-corrected chi connectivity index (χ3v) is 8.16. The smallest absolute Gasteiger partial charge is 0.387 e. The number of fused-ring (bicyclic) bond motifs is 1. The van der Waals surface area contributed by atoms with E-state index < -0.39 is 66.8 Å². The molecular weight excluding hydrogens is 519 g/mol. The molecule has 7 atom stereocenters. The second-order valence-electron chi connectivity index (χ2n) is 6.86. The molecule has 10 N–H and O–H groups in total. The van der Waals surface area contributed by atoms with Gasteiger partial charge in [-0.3, -0.25) is 24.9 Å². The van der Waals surface area contributed by atoms with Crippen molar-refractivity contribution >= 4 is 35.2 Å². The van der Waals surface area contributed by atoms with Crippen molar-refractivity contribution in [2.24, 2.45) is 12.8 Å². The molecule has 1 aromatic rings. The lowest BCUT2D eigenvalue weighted by Gasteiger charge is -2.20. The van der Waals surface area contributed by atoms with Crippen molar-refractivity contribution in [3.63, 3.8) is 0 Å². The summed E-state index contributed by atoms with van der Waals surface area (Å²) in [6.07, 6.45) is -5.81. The Morgan fingerprint density at radius 1 is 1.12 bits per heavy atom. The third-order valence-electron chi connectivity index (χ3n) is 4.36. The summed E-state index contributed by atoms with van der Waals surface area (Å²) in [6.45, 7) is -0.985. The highest BCUT2D eigenvalue weighted by Gasteiger charge is 2.50. The maximum absolute atomic E-state index is 12.2. The predicted molar refractivity (Wildman–Crippen MR) is 100 cm³/mol. The van der Waals surface area contributed by atoms with E-state index in [0.717, 1.165) is 0 Å². The van der Waals surface area contributed by atoms with E-state index >= 15 is 0 Å². The van der Waals surface area contributed by atoms with Gasteiger partial charge in [-0.15, -0.1) is 0 Å². The Morgan fingerprint density at radius 2 is 1.76 bits per heavy atom. The van der Waals surface area contributed by atoms with Crippen LogP contribution in [0.25, 0.3) is 0 Å². The van der Waals surface area contributed by atoms with E-state index in [4.69, 9.17) is 25.2 Å². The SMILES string of the molecule is Cn1c[n+]([C@@H]2O[C@H](COP(=O)(O)OP(=O)(O)OP(=O)(O)O)C(O)[C@@H]2O)c2c1C(=O)NC(N)N2. The Morgan fingerprint density at radius 3 is 2.36 bits per heavy atom. The van der Waals surface area contributed by atoms with Crippen molar-refractivity contribution in [1.29, 1.82) is 0 Å². The molecule has 0 aliphatic carbocycles. The highest BCUT2D eigenvalue weighted by Crippen LogP contribution is 2.66. The molecule has 4 unspecified atom stereocenters. The minimum Gasteiger partial charge on any atom is -0.387 e. The maximum atomic E-state index is 12.2. The van der Waals surface area contributed by atoms with Crippen molar-refractivity contribution in [2.75, 3.05) is 11.9 Å². The zero-order valence-corrected chi connectivity index (χ0v) is 19.1. The summed E-state index contributed by atoms with van der Waals surface area (Å²) >= 11 is 0. The number of aryl methyl sites for hydroxylation is 1. The summed E-state index contributed by atoms with van der Waals surface area (Å²) in [7, 11) is -15.2. The minimum absolute atomic E-state index is 0.124. The highest BCUT2D eigenvalue weighted by atomic mass is 31.3. The average molecular weight is 540 g/mol. The summed E-state index contributed by atoms with van der Waals surface area (Å²) < 4.78 is 53.5. The predicted octanol–water partition coefficient (Wildman–Crippen LogP) is -3.33. The van der Waals surface area contributed by atoms with Gasteiger partial charge in [0.2, 0.25) is 11.9 Å². The van der Waals surface area contributed by atoms with Crippen LogP contribution in [-0.4, -0.2) is 71.5 Å². The molecule has 0 aromatic carbocycles. The van der Waals surface area contributed by atoms with Gasteiger partial charge in [0.1, 0.15) is 18.3 Å². The molecule has 33 heavy (non-hydrogen) atoms.